The molecule has 0 saturated carbocycles. The lowest BCUT2D eigenvalue weighted by molar-refractivity contribution is 0.688. The van der Waals surface area contributed by atoms with Crippen molar-refractivity contribution in [1.29, 1.82) is 5.26 Å². The van der Waals surface area contributed by atoms with Gasteiger partial charge in [0.25, 0.3) is 0 Å². The Bertz CT molecular complexity index is 836. The van der Waals surface area contributed by atoms with E-state index in [4.69, 9.17) is 5.26 Å². The Hall–Kier alpha value is -2.84. The summed E-state index contributed by atoms with van der Waals surface area (Å²) in [5, 5.41) is 16.9. The minimum atomic E-state index is 0.589. The summed E-state index contributed by atoms with van der Waals surface area (Å²) in [6.45, 7) is 5.59. The molecule has 2 aromatic heterocycles. The number of hydrogen-bond acceptors (Lipinski definition) is 3. The zero-order chi connectivity index (χ0) is 16.2. The number of nitrogens with zero attached hydrogens (tertiary/aromatic N) is 3. The van der Waals surface area contributed by atoms with E-state index in [9.17, 15) is 0 Å². The maximum atomic E-state index is 8.83. The molecule has 1 aromatic carbocycles. The van der Waals surface area contributed by atoms with Crippen LogP contribution < -0.4 is 5.32 Å². The summed E-state index contributed by atoms with van der Waals surface area (Å²) < 4.78 is 1.98. The van der Waals surface area contributed by atoms with Gasteiger partial charge in [0, 0.05) is 30.5 Å². The maximum Gasteiger partial charge on any atom is 0.117 e. The fraction of sp³-hybridized carbons (Fsp3) is 0.222. The van der Waals surface area contributed by atoms with Gasteiger partial charge in [0.15, 0.2) is 0 Å². The second kappa shape index (κ2) is 6.51. The first-order valence-electron chi connectivity index (χ1n) is 7.57. The number of H-pyrrole nitrogens is 1. The van der Waals surface area contributed by atoms with Gasteiger partial charge in [-0.25, -0.2) is 4.68 Å². The summed E-state index contributed by atoms with van der Waals surface area (Å²) in [7, 11) is 0. The SMILES string of the molecule is Cc1nn(-c2ccccc2)c(C)c1CNCc1c[nH]c(C#N)c1. The van der Waals surface area contributed by atoms with Gasteiger partial charge in [0.2, 0.25) is 0 Å². The van der Waals surface area contributed by atoms with Crippen molar-refractivity contribution in [3.05, 3.63) is 70.8 Å². The van der Waals surface area contributed by atoms with Crippen molar-refractivity contribution in [3.63, 3.8) is 0 Å². The van der Waals surface area contributed by atoms with Crippen LogP contribution in [0.2, 0.25) is 0 Å². The number of nitrogens with one attached hydrogen (secondary N) is 2. The summed E-state index contributed by atoms with van der Waals surface area (Å²) in [5.41, 5.74) is 6.13. The minimum absolute atomic E-state index is 0.589. The van der Waals surface area contributed by atoms with Crippen LogP contribution >= 0.6 is 0 Å². The highest BCUT2D eigenvalue weighted by molar-refractivity contribution is 5.37. The number of aromatic nitrogens is 3. The van der Waals surface area contributed by atoms with Crippen LogP contribution in [0.25, 0.3) is 5.69 Å². The van der Waals surface area contributed by atoms with Gasteiger partial charge in [-0.1, -0.05) is 18.2 Å². The van der Waals surface area contributed by atoms with E-state index in [1.807, 2.05) is 42.1 Å². The zero-order valence-corrected chi connectivity index (χ0v) is 13.3. The predicted molar refractivity (Wildman–Crippen MR) is 89.1 cm³/mol. The Morgan fingerprint density at radius 2 is 2.00 bits per heavy atom. The first-order valence-corrected chi connectivity index (χ1v) is 7.57. The monoisotopic (exact) mass is 305 g/mol. The van der Waals surface area contributed by atoms with Crippen LogP contribution in [0.15, 0.2) is 42.6 Å². The molecule has 0 saturated heterocycles. The molecule has 0 aliphatic rings. The number of hydrogen-bond donors (Lipinski definition) is 2. The smallest absolute Gasteiger partial charge is 0.117 e. The molecule has 0 atom stereocenters. The molecule has 3 rings (SSSR count). The first-order chi connectivity index (χ1) is 11.2. The molecule has 5 nitrogen and oxygen atoms in total. The van der Waals surface area contributed by atoms with E-state index in [1.165, 1.54) is 5.56 Å². The van der Waals surface area contributed by atoms with Gasteiger partial charge < -0.3 is 10.3 Å². The second-order valence-corrected chi connectivity index (χ2v) is 5.53. The standard InChI is InChI=1S/C18H19N5/c1-13-18(12-20-10-15-8-16(9-19)21-11-15)14(2)23(22-13)17-6-4-3-5-7-17/h3-8,11,20-21H,10,12H2,1-2H3. The number of nitriles is 1. The molecule has 116 valence electrons. The van der Waals surface area contributed by atoms with E-state index in [0.717, 1.165) is 29.2 Å². The van der Waals surface area contributed by atoms with Crippen LogP contribution in [-0.4, -0.2) is 14.8 Å². The topological polar surface area (TPSA) is 69.4 Å². The number of para-hydroxylation sites is 1. The summed E-state index contributed by atoms with van der Waals surface area (Å²) in [5.74, 6) is 0. The van der Waals surface area contributed by atoms with Crippen molar-refractivity contribution in [1.82, 2.24) is 20.1 Å². The van der Waals surface area contributed by atoms with Crippen LogP contribution in [0.5, 0.6) is 0 Å². The van der Waals surface area contributed by atoms with E-state index in [-0.39, 0.29) is 0 Å². The Morgan fingerprint density at radius 1 is 1.22 bits per heavy atom. The first kappa shape index (κ1) is 15.1. The molecule has 2 N–H and O–H groups in total. The quantitative estimate of drug-likeness (QED) is 0.761. The number of benzene rings is 1. The minimum Gasteiger partial charge on any atom is -0.353 e. The average Bonchev–Trinajstić information content (AvgIpc) is 3.15. The maximum absolute atomic E-state index is 8.83. The Labute approximate surface area is 135 Å². The lowest BCUT2D eigenvalue weighted by Gasteiger charge is -2.06. The van der Waals surface area contributed by atoms with Gasteiger partial charge in [0.05, 0.1) is 11.4 Å². The van der Waals surface area contributed by atoms with Gasteiger partial charge in [0.1, 0.15) is 11.8 Å². The van der Waals surface area contributed by atoms with Crippen molar-refractivity contribution in [3.8, 4) is 11.8 Å². The van der Waals surface area contributed by atoms with E-state index in [1.54, 1.807) is 0 Å². The summed E-state index contributed by atoms with van der Waals surface area (Å²) >= 11 is 0. The fourth-order valence-electron chi connectivity index (χ4n) is 2.69. The fourth-order valence-corrected chi connectivity index (χ4v) is 2.69. The molecule has 0 fully saturated rings. The van der Waals surface area contributed by atoms with E-state index in [2.05, 4.69) is 40.5 Å². The molecule has 0 unspecified atom stereocenters. The summed E-state index contributed by atoms with van der Waals surface area (Å²) in [4.78, 5) is 2.93. The molecule has 0 aliphatic carbocycles. The summed E-state index contributed by atoms with van der Waals surface area (Å²) in [6.07, 6.45) is 1.86. The largest absolute Gasteiger partial charge is 0.353 e. The van der Waals surface area contributed by atoms with Crippen LogP contribution in [0.1, 0.15) is 28.2 Å². The lowest BCUT2D eigenvalue weighted by Crippen LogP contribution is -2.13. The molecule has 2 heterocycles. The van der Waals surface area contributed by atoms with Gasteiger partial charge in [-0.05, 0) is 37.6 Å². The molecule has 0 spiro atoms. The van der Waals surface area contributed by atoms with Gasteiger partial charge in [-0.15, -0.1) is 0 Å². The van der Waals surface area contributed by atoms with Gasteiger partial charge >= 0.3 is 0 Å². The van der Waals surface area contributed by atoms with Crippen molar-refractivity contribution in [2.24, 2.45) is 0 Å². The molecule has 3 aromatic rings. The van der Waals surface area contributed by atoms with Crippen molar-refractivity contribution in [2.45, 2.75) is 26.9 Å². The molecular formula is C18H19N5. The molecule has 0 radical (unpaired) electrons. The lowest BCUT2D eigenvalue weighted by atomic mass is 10.2. The third kappa shape index (κ3) is 3.17. The third-order valence-corrected chi connectivity index (χ3v) is 3.94. The van der Waals surface area contributed by atoms with Crippen LogP contribution in [0, 0.1) is 25.2 Å². The van der Waals surface area contributed by atoms with Gasteiger partial charge in [-0.2, -0.15) is 10.4 Å². The van der Waals surface area contributed by atoms with E-state index < -0.39 is 0 Å². The third-order valence-electron chi connectivity index (χ3n) is 3.94. The molecule has 0 amide bonds. The van der Waals surface area contributed by atoms with Crippen molar-refractivity contribution < 1.29 is 0 Å². The highest BCUT2D eigenvalue weighted by Crippen LogP contribution is 2.17. The van der Waals surface area contributed by atoms with Crippen molar-refractivity contribution >= 4 is 0 Å². The summed E-state index contributed by atoms with van der Waals surface area (Å²) in [6, 6.07) is 14.1. The predicted octanol–water partition coefficient (Wildman–Crippen LogP) is 2.98. The zero-order valence-electron chi connectivity index (χ0n) is 13.3. The normalized spacial score (nSPS) is 10.7. The Balaban J connectivity index is 1.71. The number of aryl methyl sites for hydroxylation is 1. The molecule has 0 aliphatic heterocycles. The second-order valence-electron chi connectivity index (χ2n) is 5.53. The van der Waals surface area contributed by atoms with E-state index in [0.29, 0.717) is 12.2 Å². The number of aromatic amines is 1. The highest BCUT2D eigenvalue weighted by atomic mass is 15.3. The Kier molecular flexibility index (Phi) is 4.26. The van der Waals surface area contributed by atoms with Crippen LogP contribution in [-0.2, 0) is 13.1 Å². The van der Waals surface area contributed by atoms with Crippen LogP contribution in [0.4, 0.5) is 0 Å². The average molecular weight is 305 g/mol. The van der Waals surface area contributed by atoms with Gasteiger partial charge in [-0.3, -0.25) is 0 Å². The number of rotatable bonds is 5. The molecular weight excluding hydrogens is 286 g/mol. The van der Waals surface area contributed by atoms with Crippen molar-refractivity contribution in [2.75, 3.05) is 0 Å². The van der Waals surface area contributed by atoms with E-state index >= 15 is 0 Å². The molecule has 5 heteroatoms. The molecule has 23 heavy (non-hydrogen) atoms. The highest BCUT2D eigenvalue weighted by Gasteiger charge is 2.12. The van der Waals surface area contributed by atoms with Crippen LogP contribution in [0.3, 0.4) is 0 Å². The Morgan fingerprint density at radius 3 is 2.70 bits per heavy atom. The molecule has 0 bridgehead atoms.